The minimum Gasteiger partial charge on any atom is -0.507 e. The molecule has 0 aromatic heterocycles. The zero-order valence-electron chi connectivity index (χ0n) is 25.1. The zero-order valence-corrected chi connectivity index (χ0v) is 25.9. The third-order valence-electron chi connectivity index (χ3n) is 7.31. The van der Waals surface area contributed by atoms with E-state index in [0.29, 0.717) is 27.9 Å². The molecule has 1 aliphatic rings. The fourth-order valence-electron chi connectivity index (χ4n) is 5.15. The summed E-state index contributed by atoms with van der Waals surface area (Å²) in [5.74, 6) is 2.60. The Labute approximate surface area is 240 Å². The van der Waals surface area contributed by atoms with Gasteiger partial charge in [-0.2, -0.15) is 0 Å². The molecule has 6 nitrogen and oxygen atoms in total. The number of benzene rings is 3. The summed E-state index contributed by atoms with van der Waals surface area (Å²) in [5, 5.41) is 10.9. The number of phenols is 1. The van der Waals surface area contributed by atoms with Gasteiger partial charge in [0.25, 0.3) is 0 Å². The second-order valence-corrected chi connectivity index (χ2v) is 13.6. The van der Waals surface area contributed by atoms with E-state index in [1.807, 2.05) is 48.5 Å². The molecule has 4 rings (SSSR count). The highest BCUT2D eigenvalue weighted by molar-refractivity contribution is 7.95. The van der Waals surface area contributed by atoms with Gasteiger partial charge in [0.1, 0.15) is 5.75 Å². The number of aromatic hydroxyl groups is 1. The van der Waals surface area contributed by atoms with Crippen LogP contribution < -0.4 is 18.9 Å². The number of methoxy groups -OCH3 is 4. The Kier molecular flexibility index (Phi) is 8.01. The van der Waals surface area contributed by atoms with Gasteiger partial charge in [-0.1, -0.05) is 41.5 Å². The van der Waals surface area contributed by atoms with Gasteiger partial charge in [0.05, 0.1) is 44.5 Å². The zero-order chi connectivity index (χ0) is 29.6. The van der Waals surface area contributed by atoms with E-state index in [2.05, 4.69) is 41.5 Å². The minimum atomic E-state index is -1.51. The van der Waals surface area contributed by atoms with Crippen LogP contribution in [0.4, 0.5) is 0 Å². The maximum absolute atomic E-state index is 14.6. The number of phenolic OH excluding ortho intramolecular Hbond substituents is 1. The van der Waals surface area contributed by atoms with Gasteiger partial charge in [0, 0.05) is 4.91 Å². The lowest BCUT2D eigenvalue weighted by atomic mass is 9.77. The van der Waals surface area contributed by atoms with Crippen LogP contribution in [0.15, 0.2) is 42.5 Å². The molecule has 0 bridgehead atoms. The van der Waals surface area contributed by atoms with Crippen molar-refractivity contribution < 1.29 is 28.3 Å². The summed E-state index contributed by atoms with van der Waals surface area (Å²) in [7, 11) is 4.87. The number of rotatable bonds is 6. The summed E-state index contributed by atoms with van der Waals surface area (Å²) in [6.07, 6.45) is 1.95. The highest BCUT2D eigenvalue weighted by Crippen LogP contribution is 2.49. The van der Waals surface area contributed by atoms with Gasteiger partial charge in [-0.15, -0.1) is 0 Å². The van der Waals surface area contributed by atoms with Crippen molar-refractivity contribution in [2.45, 2.75) is 57.6 Å². The lowest BCUT2D eigenvalue weighted by Crippen LogP contribution is -2.21. The molecule has 40 heavy (non-hydrogen) atoms. The molecule has 1 heterocycles. The molecule has 0 saturated carbocycles. The van der Waals surface area contributed by atoms with Crippen LogP contribution >= 0.6 is 0 Å². The molecule has 0 radical (unpaired) electrons. The quantitative estimate of drug-likeness (QED) is 0.337. The molecular formula is C33H40O6S. The van der Waals surface area contributed by atoms with E-state index >= 15 is 0 Å². The van der Waals surface area contributed by atoms with Crippen molar-refractivity contribution >= 4 is 21.8 Å². The number of hydrogen-bond donors (Lipinski definition) is 1. The van der Waals surface area contributed by atoms with E-state index in [0.717, 1.165) is 33.4 Å². The molecule has 1 aliphatic heterocycles. The predicted molar refractivity (Wildman–Crippen MR) is 162 cm³/mol. The molecule has 0 fully saturated rings. The average Bonchev–Trinajstić information content (AvgIpc) is 2.90. The van der Waals surface area contributed by atoms with Crippen molar-refractivity contribution in [3.63, 3.8) is 0 Å². The van der Waals surface area contributed by atoms with Crippen molar-refractivity contribution in [2.75, 3.05) is 28.4 Å². The van der Waals surface area contributed by atoms with Gasteiger partial charge >= 0.3 is 0 Å². The Morgan fingerprint density at radius 3 is 1.70 bits per heavy atom. The monoisotopic (exact) mass is 564 g/mol. The molecule has 214 valence electrons. The Balaban J connectivity index is 2.05. The van der Waals surface area contributed by atoms with Crippen molar-refractivity contribution in [2.24, 2.45) is 0 Å². The van der Waals surface area contributed by atoms with E-state index in [4.69, 9.17) is 18.9 Å². The van der Waals surface area contributed by atoms with E-state index in [1.165, 1.54) is 0 Å². The predicted octanol–water partition coefficient (Wildman–Crippen LogP) is 7.37. The third kappa shape index (κ3) is 5.31. The molecule has 0 spiro atoms. The van der Waals surface area contributed by atoms with E-state index in [1.54, 1.807) is 28.4 Å². The molecule has 3 aromatic rings. The van der Waals surface area contributed by atoms with Gasteiger partial charge in [-0.3, -0.25) is 4.21 Å². The first kappa shape index (κ1) is 29.5. The molecule has 0 saturated heterocycles. The van der Waals surface area contributed by atoms with Crippen LogP contribution in [0.5, 0.6) is 28.7 Å². The first-order chi connectivity index (χ1) is 18.7. The minimum absolute atomic E-state index is 0.286. The molecule has 0 unspecified atom stereocenters. The Hall–Kier alpha value is -3.45. The van der Waals surface area contributed by atoms with Crippen molar-refractivity contribution in [1.29, 1.82) is 0 Å². The third-order valence-corrected chi connectivity index (χ3v) is 9.05. The SMILES string of the molecule is COc1ccc(C2=Cc3cc(OC)c(OC)cc3[C@@H](c3cc(C(C)(C)C)c(O)c(C(C)(C)C)c3)[S@]2=O)cc1OC. The van der Waals surface area contributed by atoms with E-state index in [-0.39, 0.29) is 16.6 Å². The summed E-state index contributed by atoms with van der Waals surface area (Å²) < 4.78 is 36.9. The normalized spacial score (nSPS) is 17.1. The number of fused-ring (bicyclic) bond motifs is 1. The smallest absolute Gasteiger partial charge is 0.161 e. The van der Waals surface area contributed by atoms with Crippen LogP contribution in [0.1, 0.15) is 80.2 Å². The molecule has 0 amide bonds. The maximum Gasteiger partial charge on any atom is 0.161 e. The van der Waals surface area contributed by atoms with Gasteiger partial charge in [0.2, 0.25) is 0 Å². The largest absolute Gasteiger partial charge is 0.507 e. The van der Waals surface area contributed by atoms with Gasteiger partial charge in [-0.25, -0.2) is 0 Å². The Bertz CT molecular complexity index is 1450. The fourth-order valence-corrected chi connectivity index (χ4v) is 6.82. The standard InChI is InChI=1S/C33H40O6S/c1-32(2,3)23-13-21(14-24(30(23)34)33(4,5)6)31-22-18-28(39-10)27(38-9)16-20(22)17-29(40(31)35)19-11-12-25(36-7)26(15-19)37-8/h11-18,31,34H,1-10H3/t31-,40+/m1/s1. The lowest BCUT2D eigenvalue weighted by Gasteiger charge is -2.32. The summed E-state index contributed by atoms with van der Waals surface area (Å²) in [4.78, 5) is 0.661. The second kappa shape index (κ2) is 10.8. The van der Waals surface area contributed by atoms with Crippen LogP contribution in [0.3, 0.4) is 0 Å². The first-order valence-corrected chi connectivity index (χ1v) is 14.4. The van der Waals surface area contributed by atoms with Gasteiger partial charge in [0.15, 0.2) is 23.0 Å². The second-order valence-electron chi connectivity index (χ2n) is 12.1. The first-order valence-electron chi connectivity index (χ1n) is 13.2. The Morgan fingerprint density at radius 1 is 0.700 bits per heavy atom. The highest BCUT2D eigenvalue weighted by atomic mass is 32.2. The molecule has 1 N–H and O–H groups in total. The topological polar surface area (TPSA) is 74.2 Å². The number of ether oxygens (including phenoxy) is 4. The van der Waals surface area contributed by atoms with Crippen LogP contribution in [-0.4, -0.2) is 37.8 Å². The van der Waals surface area contributed by atoms with Gasteiger partial charge in [-0.05, 0) is 92.8 Å². The van der Waals surface area contributed by atoms with E-state index in [9.17, 15) is 9.32 Å². The fraction of sp³-hybridized carbons (Fsp3) is 0.394. The summed E-state index contributed by atoms with van der Waals surface area (Å²) in [6.45, 7) is 12.5. The molecular weight excluding hydrogens is 524 g/mol. The molecule has 7 heteroatoms. The van der Waals surface area contributed by atoms with Crippen molar-refractivity contribution in [3.05, 3.63) is 75.8 Å². The summed E-state index contributed by atoms with van der Waals surface area (Å²) >= 11 is 0. The highest BCUT2D eigenvalue weighted by Gasteiger charge is 2.35. The van der Waals surface area contributed by atoms with Crippen molar-refractivity contribution in [3.8, 4) is 28.7 Å². The average molecular weight is 565 g/mol. The van der Waals surface area contributed by atoms with E-state index < -0.39 is 16.0 Å². The molecule has 0 aliphatic carbocycles. The maximum atomic E-state index is 14.6. The van der Waals surface area contributed by atoms with Crippen LogP contribution in [-0.2, 0) is 21.6 Å². The summed E-state index contributed by atoms with van der Waals surface area (Å²) in [6, 6.07) is 13.4. The molecule has 3 aromatic carbocycles. The van der Waals surface area contributed by atoms with Crippen LogP contribution in [0.25, 0.3) is 11.0 Å². The number of hydrogen-bond acceptors (Lipinski definition) is 6. The van der Waals surface area contributed by atoms with Crippen molar-refractivity contribution in [1.82, 2.24) is 0 Å². The Morgan fingerprint density at radius 2 is 1.20 bits per heavy atom. The molecule has 2 atom stereocenters. The summed E-state index contributed by atoms with van der Waals surface area (Å²) in [5.41, 5.74) is 4.35. The van der Waals surface area contributed by atoms with Gasteiger partial charge < -0.3 is 24.1 Å². The van der Waals surface area contributed by atoms with Crippen LogP contribution in [0.2, 0.25) is 0 Å². The lowest BCUT2D eigenvalue weighted by molar-refractivity contribution is 0.354. The van der Waals surface area contributed by atoms with Crippen LogP contribution in [0, 0.1) is 0 Å².